The fourth-order valence-electron chi connectivity index (χ4n) is 7.26. The highest BCUT2D eigenvalue weighted by atomic mass is 32.1. The molecule has 7 nitrogen and oxygen atoms in total. The summed E-state index contributed by atoms with van der Waals surface area (Å²) in [5.41, 5.74) is -3.71. The second-order valence-corrected chi connectivity index (χ2v) is 15.1. The van der Waals surface area contributed by atoms with Crippen LogP contribution >= 0.6 is 11.3 Å². The van der Waals surface area contributed by atoms with Crippen LogP contribution in [0.15, 0.2) is 72.0 Å². The third kappa shape index (κ3) is 8.25. The minimum absolute atomic E-state index is 0.0943. The van der Waals surface area contributed by atoms with Gasteiger partial charge in [0.25, 0.3) is 0 Å². The second-order valence-electron chi connectivity index (χ2n) is 14.0. The number of rotatable bonds is 16. The summed E-state index contributed by atoms with van der Waals surface area (Å²) in [7, 11) is 0. The fourth-order valence-corrected chi connectivity index (χ4v) is 8.23. The van der Waals surface area contributed by atoms with Crippen LogP contribution in [0.25, 0.3) is 12.2 Å². The van der Waals surface area contributed by atoms with E-state index in [2.05, 4.69) is 36.9 Å². The molecule has 2 aliphatic heterocycles. The molecule has 5 rings (SSSR count). The standard InChI is InChI=1S/C42H45F3N4O3S/c1-5-7-20-49(21-8-6-2)33-16-14-30(37(22-33)51-28-34-27-50-34)15-17-35-18-19-38(53-35)29(3)23-40(4)36(26-48)39(31(24-46)25-47)52-41(40,42(43,44)45)32-12-10-9-11-13-32/h9-19,22,29,34,36H,5-8,20-21,23,27-28H2,1-4H3/b17-15+. The Labute approximate surface area is 314 Å². The zero-order valence-electron chi connectivity index (χ0n) is 30.6. The van der Waals surface area contributed by atoms with E-state index in [-0.39, 0.29) is 18.1 Å². The van der Waals surface area contributed by atoms with Gasteiger partial charge in [-0.25, -0.2) is 0 Å². The fraction of sp³-hybridized carbons (Fsp3) is 0.452. The molecule has 2 aromatic carbocycles. The third-order valence-electron chi connectivity index (χ3n) is 10.2. The van der Waals surface area contributed by atoms with Crippen molar-refractivity contribution in [2.24, 2.45) is 11.3 Å². The van der Waals surface area contributed by atoms with Crippen molar-refractivity contribution >= 4 is 29.2 Å². The molecule has 3 aromatic rings. The smallest absolute Gasteiger partial charge is 0.433 e. The molecule has 278 valence electrons. The number of nitrogens with zero attached hydrogens (tertiary/aromatic N) is 4. The van der Waals surface area contributed by atoms with E-state index in [1.165, 1.54) is 42.5 Å². The second kappa shape index (κ2) is 16.9. The van der Waals surface area contributed by atoms with Gasteiger partial charge in [0.1, 0.15) is 42.3 Å². The van der Waals surface area contributed by atoms with Gasteiger partial charge in [-0.05, 0) is 61.6 Å². The van der Waals surface area contributed by atoms with Gasteiger partial charge in [-0.2, -0.15) is 29.0 Å². The monoisotopic (exact) mass is 742 g/mol. The minimum atomic E-state index is -5.00. The summed E-state index contributed by atoms with van der Waals surface area (Å²) in [5, 5.41) is 29.7. The lowest BCUT2D eigenvalue weighted by Gasteiger charge is -2.44. The molecule has 11 heteroatoms. The molecule has 0 N–H and O–H groups in total. The number of epoxide rings is 1. The van der Waals surface area contributed by atoms with Gasteiger partial charge >= 0.3 is 6.18 Å². The van der Waals surface area contributed by atoms with Gasteiger partial charge < -0.3 is 19.1 Å². The van der Waals surface area contributed by atoms with Gasteiger partial charge in [0, 0.05) is 51.1 Å². The third-order valence-corrected chi connectivity index (χ3v) is 11.5. The minimum Gasteiger partial charge on any atom is -0.490 e. The molecular formula is C42H45F3N4O3S. The molecule has 1 aromatic heterocycles. The highest BCUT2D eigenvalue weighted by Gasteiger charge is 2.75. The van der Waals surface area contributed by atoms with Crippen molar-refractivity contribution in [2.45, 2.75) is 83.6 Å². The average molecular weight is 743 g/mol. The summed E-state index contributed by atoms with van der Waals surface area (Å²) >= 11 is 1.45. The summed E-state index contributed by atoms with van der Waals surface area (Å²) < 4.78 is 64.0. The first kappa shape index (κ1) is 39.4. The average Bonchev–Trinajstić information content (AvgIpc) is 3.78. The maximum atomic E-state index is 15.5. The van der Waals surface area contributed by atoms with Crippen LogP contribution in [0.1, 0.15) is 86.6 Å². The van der Waals surface area contributed by atoms with Crippen LogP contribution in [0, 0.1) is 45.3 Å². The zero-order chi connectivity index (χ0) is 38.2. The molecular weight excluding hydrogens is 698 g/mol. The maximum absolute atomic E-state index is 15.5. The van der Waals surface area contributed by atoms with Gasteiger partial charge in [0.05, 0.1) is 12.7 Å². The van der Waals surface area contributed by atoms with E-state index in [1.54, 1.807) is 18.2 Å². The number of allylic oxidation sites excluding steroid dienone is 2. The van der Waals surface area contributed by atoms with Crippen molar-refractivity contribution in [1.29, 1.82) is 15.8 Å². The summed E-state index contributed by atoms with van der Waals surface area (Å²) in [4.78, 5) is 4.13. The van der Waals surface area contributed by atoms with Crippen LogP contribution in [-0.4, -0.2) is 38.6 Å². The van der Waals surface area contributed by atoms with E-state index >= 15 is 13.2 Å². The Morgan fingerprint density at radius 1 is 1.02 bits per heavy atom. The van der Waals surface area contributed by atoms with Crippen LogP contribution in [0.3, 0.4) is 0 Å². The van der Waals surface area contributed by atoms with Crippen LogP contribution in [-0.2, 0) is 15.1 Å². The zero-order valence-corrected chi connectivity index (χ0v) is 31.4. The number of unbranched alkanes of at least 4 members (excludes halogenated alkanes) is 2. The molecule has 2 aliphatic rings. The molecule has 2 saturated heterocycles. The topological polar surface area (TPSA) is 106 Å². The molecule has 5 atom stereocenters. The molecule has 0 aliphatic carbocycles. The number of alkyl halides is 3. The molecule has 0 radical (unpaired) electrons. The molecule has 3 heterocycles. The summed E-state index contributed by atoms with van der Waals surface area (Å²) in [6, 6.07) is 22.6. The molecule has 0 bridgehead atoms. The molecule has 5 unspecified atom stereocenters. The lowest BCUT2D eigenvalue weighted by Crippen LogP contribution is -2.54. The number of hydrogen-bond acceptors (Lipinski definition) is 8. The van der Waals surface area contributed by atoms with E-state index in [0.29, 0.717) is 13.2 Å². The van der Waals surface area contributed by atoms with E-state index in [1.807, 2.05) is 37.3 Å². The number of anilines is 1. The van der Waals surface area contributed by atoms with E-state index in [0.717, 1.165) is 65.5 Å². The first-order chi connectivity index (χ1) is 25.5. The van der Waals surface area contributed by atoms with Gasteiger partial charge in [-0.1, -0.05) is 70.9 Å². The Morgan fingerprint density at radius 2 is 1.70 bits per heavy atom. The highest BCUT2D eigenvalue weighted by molar-refractivity contribution is 7.13. The lowest BCUT2D eigenvalue weighted by molar-refractivity contribution is -0.295. The predicted octanol–water partition coefficient (Wildman–Crippen LogP) is 10.5. The Balaban J connectivity index is 1.46. The SMILES string of the molecule is CCCCN(CCCC)c1ccc(/C=C/c2ccc(C(C)CC3(C)C(C#N)C(=C(C#N)C#N)OC3(c3ccccc3)C(F)(F)F)s2)c(OCC2CO2)c1. The van der Waals surface area contributed by atoms with E-state index in [9.17, 15) is 15.8 Å². The number of ether oxygens (including phenoxy) is 3. The van der Waals surface area contributed by atoms with Gasteiger partial charge in [-0.3, -0.25) is 0 Å². The molecule has 0 saturated carbocycles. The van der Waals surface area contributed by atoms with Crippen molar-refractivity contribution in [1.82, 2.24) is 0 Å². The Morgan fingerprint density at radius 3 is 2.28 bits per heavy atom. The first-order valence-electron chi connectivity index (χ1n) is 18.1. The van der Waals surface area contributed by atoms with Crippen LogP contribution in [0.2, 0.25) is 0 Å². The summed E-state index contributed by atoms with van der Waals surface area (Å²) in [6.07, 6.45) is 3.35. The molecule has 0 amide bonds. The largest absolute Gasteiger partial charge is 0.490 e. The number of benzene rings is 2. The molecule has 0 spiro atoms. The number of halogens is 3. The highest BCUT2D eigenvalue weighted by Crippen LogP contribution is 2.67. The first-order valence-corrected chi connectivity index (χ1v) is 18.9. The van der Waals surface area contributed by atoms with Gasteiger partial charge in [0.15, 0.2) is 5.57 Å². The number of hydrogen-bond donors (Lipinski definition) is 0. The Bertz CT molecular complexity index is 1890. The van der Waals surface area contributed by atoms with Gasteiger partial charge in [-0.15, -0.1) is 11.3 Å². The van der Waals surface area contributed by atoms with Crippen molar-refractivity contribution in [3.8, 4) is 24.0 Å². The van der Waals surface area contributed by atoms with Crippen molar-refractivity contribution in [2.75, 3.05) is 31.2 Å². The number of thiophene rings is 1. The summed E-state index contributed by atoms with van der Waals surface area (Å²) in [6.45, 7) is 10.7. The van der Waals surface area contributed by atoms with E-state index in [4.69, 9.17) is 14.2 Å². The van der Waals surface area contributed by atoms with Crippen molar-refractivity contribution < 1.29 is 27.4 Å². The van der Waals surface area contributed by atoms with Crippen LogP contribution in [0.5, 0.6) is 5.75 Å². The molecule has 53 heavy (non-hydrogen) atoms. The Hall–Kier alpha value is -4.76. The van der Waals surface area contributed by atoms with Crippen molar-refractivity contribution in [3.05, 3.63) is 92.9 Å². The Kier molecular flexibility index (Phi) is 12.6. The normalized spacial score (nSPS) is 22.8. The maximum Gasteiger partial charge on any atom is 0.433 e. The predicted molar refractivity (Wildman–Crippen MR) is 201 cm³/mol. The van der Waals surface area contributed by atoms with Crippen molar-refractivity contribution in [3.63, 3.8) is 0 Å². The number of nitriles is 3. The van der Waals surface area contributed by atoms with Crippen LogP contribution < -0.4 is 9.64 Å². The van der Waals surface area contributed by atoms with E-state index < -0.39 is 40.4 Å². The lowest BCUT2D eigenvalue weighted by atomic mass is 9.60. The molecule has 2 fully saturated rings. The quantitative estimate of drug-likeness (QED) is 0.106. The van der Waals surface area contributed by atoms with Gasteiger partial charge in [0.2, 0.25) is 5.60 Å². The summed E-state index contributed by atoms with van der Waals surface area (Å²) in [5.74, 6) is -1.74. The van der Waals surface area contributed by atoms with Crippen LogP contribution in [0.4, 0.5) is 18.9 Å².